The van der Waals surface area contributed by atoms with E-state index in [0.29, 0.717) is 4.31 Å². The normalized spacial score (nSPS) is 11.3. The summed E-state index contributed by atoms with van der Waals surface area (Å²) >= 11 is 0. The molecule has 0 unspecified atom stereocenters. The van der Waals surface area contributed by atoms with Crippen molar-refractivity contribution in [3.05, 3.63) is 60.2 Å². The Morgan fingerprint density at radius 1 is 1.07 bits per heavy atom. The molecule has 0 spiro atoms. The van der Waals surface area contributed by atoms with Crippen molar-refractivity contribution < 1.29 is 31.5 Å². The van der Waals surface area contributed by atoms with Crippen LogP contribution in [0.15, 0.2) is 53.4 Å². The highest BCUT2D eigenvalue weighted by Gasteiger charge is 2.24. The second kappa shape index (κ2) is 8.69. The van der Waals surface area contributed by atoms with Crippen molar-refractivity contribution >= 4 is 27.6 Å². The standard InChI is InChI=1S/C17H16F2N2O5S/c1-21(27(24,25)15-7-5-12(18)6-8-15)10-17(23)26-11-16(22)20-14-4-2-3-13(19)9-14/h2-9H,10-11H2,1H3,(H,20,22). The van der Waals surface area contributed by atoms with Crippen LogP contribution < -0.4 is 5.32 Å². The van der Waals surface area contributed by atoms with E-state index in [9.17, 15) is 26.8 Å². The maximum atomic E-state index is 13.0. The Balaban J connectivity index is 1.87. The van der Waals surface area contributed by atoms with Crippen LogP contribution in [0.1, 0.15) is 0 Å². The molecule has 0 saturated heterocycles. The maximum absolute atomic E-state index is 13.0. The van der Waals surface area contributed by atoms with E-state index in [0.717, 1.165) is 37.4 Å². The lowest BCUT2D eigenvalue weighted by Gasteiger charge is -2.16. The molecular weight excluding hydrogens is 382 g/mol. The first kappa shape index (κ1) is 20.5. The summed E-state index contributed by atoms with van der Waals surface area (Å²) in [7, 11) is -2.87. The Hall–Kier alpha value is -2.85. The fourth-order valence-electron chi connectivity index (χ4n) is 2.01. The van der Waals surface area contributed by atoms with Crippen LogP contribution in [0.5, 0.6) is 0 Å². The van der Waals surface area contributed by atoms with E-state index in [1.54, 1.807) is 0 Å². The van der Waals surface area contributed by atoms with Crippen molar-refractivity contribution in [2.45, 2.75) is 4.90 Å². The Kier molecular flexibility index (Phi) is 6.59. The molecule has 27 heavy (non-hydrogen) atoms. The number of esters is 1. The van der Waals surface area contributed by atoms with E-state index in [2.05, 4.69) is 5.32 Å². The minimum absolute atomic E-state index is 0.187. The second-order valence-electron chi connectivity index (χ2n) is 5.43. The number of nitrogens with zero attached hydrogens (tertiary/aromatic N) is 1. The number of hydrogen-bond donors (Lipinski definition) is 1. The van der Waals surface area contributed by atoms with Crippen molar-refractivity contribution in [2.75, 3.05) is 25.5 Å². The molecule has 0 atom stereocenters. The molecule has 0 aliphatic carbocycles. The third-order valence-electron chi connectivity index (χ3n) is 3.35. The van der Waals surface area contributed by atoms with E-state index < -0.39 is 46.7 Å². The molecule has 10 heteroatoms. The summed E-state index contributed by atoms with van der Waals surface area (Å²) in [6, 6.07) is 9.23. The molecule has 0 bridgehead atoms. The number of ether oxygens (including phenoxy) is 1. The van der Waals surface area contributed by atoms with Gasteiger partial charge in [0.15, 0.2) is 6.61 Å². The Bertz CT molecular complexity index is 933. The number of carbonyl (C=O) groups is 2. The minimum Gasteiger partial charge on any atom is -0.455 e. The molecule has 144 valence electrons. The molecule has 2 aromatic rings. The van der Waals surface area contributed by atoms with Gasteiger partial charge in [0, 0.05) is 12.7 Å². The molecule has 0 aliphatic heterocycles. The molecule has 1 amide bonds. The van der Waals surface area contributed by atoms with Gasteiger partial charge in [0.05, 0.1) is 4.90 Å². The van der Waals surface area contributed by atoms with Crippen molar-refractivity contribution in [2.24, 2.45) is 0 Å². The summed E-state index contributed by atoms with van der Waals surface area (Å²) < 4.78 is 55.9. The number of rotatable bonds is 7. The number of anilines is 1. The van der Waals surface area contributed by atoms with Crippen LogP contribution in [0, 0.1) is 11.6 Å². The fourth-order valence-corrected chi connectivity index (χ4v) is 3.12. The van der Waals surface area contributed by atoms with Gasteiger partial charge in [-0.3, -0.25) is 9.59 Å². The van der Waals surface area contributed by atoms with Crippen LogP contribution in [-0.4, -0.2) is 44.8 Å². The molecule has 0 radical (unpaired) electrons. The Morgan fingerprint density at radius 2 is 1.74 bits per heavy atom. The van der Waals surface area contributed by atoms with E-state index in [1.165, 1.54) is 18.2 Å². The van der Waals surface area contributed by atoms with Crippen LogP contribution in [0.4, 0.5) is 14.5 Å². The average Bonchev–Trinajstić information content (AvgIpc) is 2.60. The monoisotopic (exact) mass is 398 g/mol. The molecule has 0 heterocycles. The predicted molar refractivity (Wildman–Crippen MR) is 92.2 cm³/mol. The molecule has 2 aromatic carbocycles. The third kappa shape index (κ3) is 5.83. The number of sulfonamides is 1. The number of benzene rings is 2. The average molecular weight is 398 g/mol. The molecule has 2 rings (SSSR count). The first-order valence-corrected chi connectivity index (χ1v) is 9.05. The highest BCUT2D eigenvalue weighted by molar-refractivity contribution is 7.89. The van der Waals surface area contributed by atoms with Crippen LogP contribution in [0.25, 0.3) is 0 Å². The zero-order chi connectivity index (χ0) is 20.0. The van der Waals surface area contributed by atoms with Crippen LogP contribution >= 0.6 is 0 Å². The van der Waals surface area contributed by atoms with Crippen molar-refractivity contribution in [3.8, 4) is 0 Å². The van der Waals surface area contributed by atoms with E-state index in [1.807, 2.05) is 0 Å². The van der Waals surface area contributed by atoms with Gasteiger partial charge in [0.1, 0.15) is 18.2 Å². The highest BCUT2D eigenvalue weighted by atomic mass is 32.2. The summed E-state index contributed by atoms with van der Waals surface area (Å²) in [5, 5.41) is 2.33. The van der Waals surface area contributed by atoms with Gasteiger partial charge in [-0.05, 0) is 42.5 Å². The number of hydrogen-bond acceptors (Lipinski definition) is 5. The highest BCUT2D eigenvalue weighted by Crippen LogP contribution is 2.14. The van der Waals surface area contributed by atoms with E-state index in [4.69, 9.17) is 4.74 Å². The molecule has 1 N–H and O–H groups in total. The third-order valence-corrected chi connectivity index (χ3v) is 5.16. The SMILES string of the molecule is CN(CC(=O)OCC(=O)Nc1cccc(F)c1)S(=O)(=O)c1ccc(F)cc1. The smallest absolute Gasteiger partial charge is 0.321 e. The molecule has 0 aliphatic rings. The van der Waals surface area contributed by atoms with Crippen molar-refractivity contribution in [3.63, 3.8) is 0 Å². The van der Waals surface area contributed by atoms with Crippen LogP contribution in [-0.2, 0) is 24.3 Å². The van der Waals surface area contributed by atoms with Gasteiger partial charge in [-0.25, -0.2) is 17.2 Å². The minimum atomic E-state index is -4.02. The number of halogens is 2. The first-order chi connectivity index (χ1) is 12.7. The molecular formula is C17H16F2N2O5S. The molecule has 0 aromatic heterocycles. The van der Waals surface area contributed by atoms with E-state index in [-0.39, 0.29) is 10.6 Å². The first-order valence-electron chi connectivity index (χ1n) is 7.61. The van der Waals surface area contributed by atoms with Gasteiger partial charge < -0.3 is 10.1 Å². The van der Waals surface area contributed by atoms with Crippen molar-refractivity contribution in [1.82, 2.24) is 4.31 Å². The summed E-state index contributed by atoms with van der Waals surface area (Å²) in [5.41, 5.74) is 0.187. The van der Waals surface area contributed by atoms with Gasteiger partial charge in [-0.15, -0.1) is 0 Å². The van der Waals surface area contributed by atoms with Crippen LogP contribution in [0.3, 0.4) is 0 Å². The fraction of sp³-hybridized carbons (Fsp3) is 0.176. The zero-order valence-electron chi connectivity index (χ0n) is 14.2. The largest absolute Gasteiger partial charge is 0.455 e. The second-order valence-corrected chi connectivity index (χ2v) is 7.48. The predicted octanol–water partition coefficient (Wildman–Crippen LogP) is 1.77. The van der Waals surface area contributed by atoms with Crippen LogP contribution in [0.2, 0.25) is 0 Å². The summed E-state index contributed by atoms with van der Waals surface area (Å²) in [4.78, 5) is 23.3. The Morgan fingerprint density at radius 3 is 2.37 bits per heavy atom. The maximum Gasteiger partial charge on any atom is 0.321 e. The number of nitrogens with one attached hydrogen (secondary N) is 1. The number of likely N-dealkylation sites (N-methyl/N-ethyl adjacent to an activating group) is 1. The lowest BCUT2D eigenvalue weighted by molar-refractivity contribution is -0.147. The number of carbonyl (C=O) groups excluding carboxylic acids is 2. The van der Waals surface area contributed by atoms with Gasteiger partial charge in [0.2, 0.25) is 10.0 Å². The zero-order valence-corrected chi connectivity index (χ0v) is 15.0. The summed E-state index contributed by atoms with van der Waals surface area (Å²) in [5.74, 6) is -2.81. The van der Waals surface area contributed by atoms with Gasteiger partial charge in [0.25, 0.3) is 5.91 Å². The lowest BCUT2D eigenvalue weighted by atomic mass is 10.3. The number of amides is 1. The molecule has 0 saturated carbocycles. The Labute approximate surface area is 154 Å². The van der Waals surface area contributed by atoms with Gasteiger partial charge in [-0.2, -0.15) is 4.31 Å². The topological polar surface area (TPSA) is 92.8 Å². The summed E-state index contributed by atoms with van der Waals surface area (Å²) in [6.07, 6.45) is 0. The lowest BCUT2D eigenvalue weighted by Crippen LogP contribution is -2.34. The molecule has 0 fully saturated rings. The van der Waals surface area contributed by atoms with Gasteiger partial charge >= 0.3 is 5.97 Å². The van der Waals surface area contributed by atoms with Gasteiger partial charge in [-0.1, -0.05) is 6.07 Å². The van der Waals surface area contributed by atoms with E-state index >= 15 is 0 Å². The molecule has 7 nitrogen and oxygen atoms in total. The quantitative estimate of drug-likeness (QED) is 0.718. The van der Waals surface area contributed by atoms with Crippen molar-refractivity contribution in [1.29, 1.82) is 0 Å². The summed E-state index contributed by atoms with van der Waals surface area (Å²) in [6.45, 7) is -1.31.